The van der Waals surface area contributed by atoms with Crippen molar-refractivity contribution >= 4 is 34.3 Å². The van der Waals surface area contributed by atoms with E-state index >= 15 is 0 Å². The van der Waals surface area contributed by atoms with Crippen LogP contribution in [0.3, 0.4) is 0 Å². The van der Waals surface area contributed by atoms with Crippen molar-refractivity contribution in [2.24, 2.45) is 0 Å². The molecule has 0 aliphatic carbocycles. The number of aromatic nitrogens is 2. The Morgan fingerprint density at radius 2 is 1.74 bits per heavy atom. The Balaban J connectivity index is 1.78. The normalized spacial score (nSPS) is 11.1. The summed E-state index contributed by atoms with van der Waals surface area (Å²) in [5.74, 6) is 1.03. The number of hydrogen-bond donors (Lipinski definition) is 1. The number of fused-ring (bicyclic) bond motifs is 1. The quantitative estimate of drug-likeness (QED) is 0.517. The molecule has 27 heavy (non-hydrogen) atoms. The number of para-hydroxylation sites is 2. The first kappa shape index (κ1) is 19.3. The van der Waals surface area contributed by atoms with Crippen molar-refractivity contribution in [1.29, 1.82) is 0 Å². The number of nitrogens with one attached hydrogen (secondary N) is 1. The maximum Gasteiger partial charge on any atom is 0.234 e. The van der Waals surface area contributed by atoms with E-state index in [1.165, 1.54) is 11.8 Å². The summed E-state index contributed by atoms with van der Waals surface area (Å²) in [4.78, 5) is 23.9. The molecule has 2 aromatic carbocycles. The first-order valence-corrected chi connectivity index (χ1v) is 9.82. The third-order valence-electron chi connectivity index (χ3n) is 4.16. The van der Waals surface area contributed by atoms with Gasteiger partial charge in [-0.2, -0.15) is 0 Å². The Hall–Kier alpha value is -2.44. The second-order valence-electron chi connectivity index (χ2n) is 6.80. The molecule has 1 N–H and O–H groups in total. The van der Waals surface area contributed by atoms with Gasteiger partial charge in [0.25, 0.3) is 0 Å². The van der Waals surface area contributed by atoms with Crippen LogP contribution in [0.15, 0.2) is 47.5 Å². The van der Waals surface area contributed by atoms with Crippen molar-refractivity contribution in [1.82, 2.24) is 14.9 Å². The summed E-state index contributed by atoms with van der Waals surface area (Å²) < 4.78 is 0. The Morgan fingerprint density at radius 3 is 2.44 bits per heavy atom. The minimum absolute atomic E-state index is 0.0331. The number of benzene rings is 2. The van der Waals surface area contributed by atoms with Crippen LogP contribution in [0.5, 0.6) is 0 Å². The molecular formula is C21H24N4OS. The molecule has 0 radical (unpaired) electrons. The van der Waals surface area contributed by atoms with Crippen molar-refractivity contribution in [2.75, 3.05) is 25.2 Å². The van der Waals surface area contributed by atoms with Crippen molar-refractivity contribution in [3.63, 3.8) is 0 Å². The second kappa shape index (κ2) is 8.50. The molecule has 5 nitrogen and oxygen atoms in total. The summed E-state index contributed by atoms with van der Waals surface area (Å²) in [6, 6.07) is 13.9. The van der Waals surface area contributed by atoms with E-state index < -0.39 is 0 Å². The number of rotatable bonds is 6. The molecule has 0 aliphatic heterocycles. The zero-order chi connectivity index (χ0) is 19.4. The number of aryl methyl sites for hydroxylation is 2. The maximum absolute atomic E-state index is 12.5. The summed E-state index contributed by atoms with van der Waals surface area (Å²) in [6.45, 7) is 4.66. The number of anilines is 1. The van der Waals surface area contributed by atoms with E-state index in [-0.39, 0.29) is 5.91 Å². The smallest absolute Gasteiger partial charge is 0.234 e. The molecular weight excluding hydrogens is 356 g/mol. The number of hydrogen-bond acceptors (Lipinski definition) is 5. The van der Waals surface area contributed by atoms with E-state index in [0.717, 1.165) is 38.6 Å². The van der Waals surface area contributed by atoms with Gasteiger partial charge in [0, 0.05) is 11.1 Å². The number of carbonyl (C=O) groups excluding carboxylic acids is 1. The highest BCUT2D eigenvalue weighted by Crippen LogP contribution is 2.26. The molecule has 0 atom stereocenters. The SMILES string of the molecule is Cc1cccc(C)c1NC(=O)CSc1nc(CN(C)C)nc2ccccc12. The van der Waals surface area contributed by atoms with Gasteiger partial charge in [-0.1, -0.05) is 48.2 Å². The van der Waals surface area contributed by atoms with Crippen molar-refractivity contribution < 1.29 is 4.79 Å². The van der Waals surface area contributed by atoms with Gasteiger partial charge in [0.15, 0.2) is 0 Å². The predicted molar refractivity (Wildman–Crippen MR) is 112 cm³/mol. The summed E-state index contributed by atoms with van der Waals surface area (Å²) in [6.07, 6.45) is 0. The molecule has 140 valence electrons. The largest absolute Gasteiger partial charge is 0.325 e. The van der Waals surface area contributed by atoms with Gasteiger partial charge < -0.3 is 10.2 Å². The fourth-order valence-corrected chi connectivity index (χ4v) is 3.72. The van der Waals surface area contributed by atoms with Gasteiger partial charge in [0.2, 0.25) is 5.91 Å². The number of carbonyl (C=O) groups is 1. The third-order valence-corrected chi connectivity index (χ3v) is 5.15. The lowest BCUT2D eigenvalue weighted by Crippen LogP contribution is -2.16. The van der Waals surface area contributed by atoms with Crippen LogP contribution in [0.2, 0.25) is 0 Å². The van der Waals surface area contributed by atoms with Gasteiger partial charge in [0.1, 0.15) is 10.9 Å². The zero-order valence-corrected chi connectivity index (χ0v) is 16.9. The minimum atomic E-state index is -0.0331. The molecule has 6 heteroatoms. The van der Waals surface area contributed by atoms with Gasteiger partial charge in [0.05, 0.1) is 17.8 Å². The molecule has 0 aliphatic rings. The first-order valence-electron chi connectivity index (χ1n) is 8.83. The number of thioether (sulfide) groups is 1. The van der Waals surface area contributed by atoms with E-state index in [2.05, 4.69) is 15.3 Å². The second-order valence-corrected chi connectivity index (χ2v) is 7.77. The van der Waals surface area contributed by atoms with Gasteiger partial charge in [-0.15, -0.1) is 0 Å². The summed E-state index contributed by atoms with van der Waals surface area (Å²) >= 11 is 1.45. The highest BCUT2D eigenvalue weighted by molar-refractivity contribution is 8.00. The van der Waals surface area contributed by atoms with Crippen LogP contribution in [0.25, 0.3) is 10.9 Å². The van der Waals surface area contributed by atoms with Gasteiger partial charge in [-0.3, -0.25) is 4.79 Å². The Kier molecular flexibility index (Phi) is 6.08. The topological polar surface area (TPSA) is 58.1 Å². The van der Waals surface area contributed by atoms with Crippen LogP contribution >= 0.6 is 11.8 Å². The van der Waals surface area contributed by atoms with Crippen LogP contribution in [0.4, 0.5) is 5.69 Å². The number of amides is 1. The molecule has 0 unspecified atom stereocenters. The lowest BCUT2D eigenvalue weighted by molar-refractivity contribution is -0.113. The molecule has 0 bridgehead atoms. The van der Waals surface area contributed by atoms with Crippen LogP contribution in [-0.2, 0) is 11.3 Å². The Labute approximate surface area is 164 Å². The summed E-state index contributed by atoms with van der Waals surface area (Å²) in [5, 5.41) is 4.85. The third kappa shape index (κ3) is 4.84. The predicted octanol–water partition coefficient (Wildman–Crippen LogP) is 4.04. The zero-order valence-electron chi connectivity index (χ0n) is 16.1. The lowest BCUT2D eigenvalue weighted by Gasteiger charge is -2.13. The van der Waals surface area contributed by atoms with Crippen LogP contribution in [0.1, 0.15) is 17.0 Å². The Bertz CT molecular complexity index is 951. The average molecular weight is 381 g/mol. The molecule has 3 aromatic rings. The van der Waals surface area contributed by atoms with E-state index in [0.29, 0.717) is 12.3 Å². The molecule has 3 rings (SSSR count). The fourth-order valence-electron chi connectivity index (χ4n) is 2.88. The fraction of sp³-hybridized carbons (Fsp3) is 0.286. The van der Waals surface area contributed by atoms with Crippen molar-refractivity contribution in [2.45, 2.75) is 25.4 Å². The first-order chi connectivity index (χ1) is 12.9. The van der Waals surface area contributed by atoms with E-state index in [9.17, 15) is 4.79 Å². The van der Waals surface area contributed by atoms with E-state index in [1.54, 1.807) is 0 Å². The van der Waals surface area contributed by atoms with Gasteiger partial charge in [-0.25, -0.2) is 9.97 Å². The van der Waals surface area contributed by atoms with Crippen LogP contribution in [0, 0.1) is 13.8 Å². The average Bonchev–Trinajstić information content (AvgIpc) is 2.62. The Morgan fingerprint density at radius 1 is 1.04 bits per heavy atom. The van der Waals surface area contributed by atoms with E-state index in [1.807, 2.05) is 75.3 Å². The van der Waals surface area contributed by atoms with Crippen LogP contribution in [-0.4, -0.2) is 40.6 Å². The molecule has 1 amide bonds. The van der Waals surface area contributed by atoms with E-state index in [4.69, 9.17) is 0 Å². The summed E-state index contributed by atoms with van der Waals surface area (Å²) in [7, 11) is 3.98. The van der Waals surface area contributed by atoms with Gasteiger partial charge >= 0.3 is 0 Å². The highest BCUT2D eigenvalue weighted by atomic mass is 32.2. The molecule has 1 aromatic heterocycles. The lowest BCUT2D eigenvalue weighted by atomic mass is 10.1. The summed E-state index contributed by atoms with van der Waals surface area (Å²) in [5.41, 5.74) is 3.93. The number of nitrogens with zero attached hydrogens (tertiary/aromatic N) is 3. The molecule has 1 heterocycles. The molecule has 0 saturated heterocycles. The molecule has 0 saturated carbocycles. The molecule has 0 fully saturated rings. The monoisotopic (exact) mass is 380 g/mol. The maximum atomic E-state index is 12.5. The van der Waals surface area contributed by atoms with Gasteiger partial charge in [-0.05, 0) is 45.1 Å². The highest BCUT2D eigenvalue weighted by Gasteiger charge is 2.12. The van der Waals surface area contributed by atoms with Crippen LogP contribution < -0.4 is 5.32 Å². The van der Waals surface area contributed by atoms with Crippen molar-refractivity contribution in [3.05, 3.63) is 59.4 Å². The van der Waals surface area contributed by atoms with Crippen molar-refractivity contribution in [3.8, 4) is 0 Å². The standard InChI is InChI=1S/C21H24N4OS/c1-14-8-7-9-15(2)20(14)24-19(26)13-27-21-16-10-5-6-11-17(16)22-18(23-21)12-25(3)4/h5-11H,12-13H2,1-4H3,(H,24,26). The minimum Gasteiger partial charge on any atom is -0.325 e. The molecule has 0 spiro atoms.